The van der Waals surface area contributed by atoms with Crippen LogP contribution in [0.2, 0.25) is 0 Å². The molecule has 0 aromatic carbocycles. The summed E-state index contributed by atoms with van der Waals surface area (Å²) in [5.41, 5.74) is 5.54. The van der Waals surface area contributed by atoms with Crippen molar-refractivity contribution in [1.82, 2.24) is 5.32 Å². The zero-order valence-electron chi connectivity index (χ0n) is 8.29. The summed E-state index contributed by atoms with van der Waals surface area (Å²) in [6, 6.07) is 0.0906. The lowest BCUT2D eigenvalue weighted by Crippen LogP contribution is -2.31. The molecule has 0 radical (unpaired) electrons. The van der Waals surface area contributed by atoms with Crippen LogP contribution in [-0.4, -0.2) is 31.7 Å². The van der Waals surface area contributed by atoms with Gasteiger partial charge in [-0.3, -0.25) is 4.79 Å². The van der Waals surface area contributed by atoms with Crippen molar-refractivity contribution >= 4 is 5.91 Å². The molecule has 5 heteroatoms. The van der Waals surface area contributed by atoms with Gasteiger partial charge in [0.15, 0.2) is 0 Å². The Labute approximate surface area is 83.2 Å². The Bertz CT molecular complexity index is 226. The number of hydrogen-bond donors (Lipinski definition) is 2. The van der Waals surface area contributed by atoms with Gasteiger partial charge in [-0.25, -0.2) is 0 Å². The van der Waals surface area contributed by atoms with Gasteiger partial charge in [0.05, 0.1) is 0 Å². The molecule has 0 saturated heterocycles. The number of rotatable bonds is 4. The normalized spacial score (nSPS) is 17.4. The Morgan fingerprint density at radius 1 is 1.71 bits per heavy atom. The molecular formula is C9H16N2O3. The molecule has 1 unspecified atom stereocenters. The van der Waals surface area contributed by atoms with Crippen LogP contribution in [0.15, 0.2) is 12.0 Å². The van der Waals surface area contributed by atoms with E-state index >= 15 is 0 Å². The highest BCUT2D eigenvalue weighted by Gasteiger charge is 2.13. The van der Waals surface area contributed by atoms with E-state index in [-0.39, 0.29) is 17.7 Å². The number of hydrogen-bond acceptors (Lipinski definition) is 4. The second kappa shape index (κ2) is 5.49. The van der Waals surface area contributed by atoms with Crippen LogP contribution in [0.25, 0.3) is 0 Å². The Morgan fingerprint density at radius 3 is 3.07 bits per heavy atom. The summed E-state index contributed by atoms with van der Waals surface area (Å²) >= 11 is 0. The summed E-state index contributed by atoms with van der Waals surface area (Å²) in [4.78, 5) is 11.4. The minimum Gasteiger partial charge on any atom is -0.494 e. The number of amides is 1. The minimum atomic E-state index is -0.245. The van der Waals surface area contributed by atoms with E-state index in [2.05, 4.69) is 5.32 Å². The molecule has 0 aromatic rings. The maximum Gasteiger partial charge on any atom is 0.289 e. The average Bonchev–Trinajstić information content (AvgIpc) is 2.18. The number of nitrogens with one attached hydrogen (secondary N) is 1. The molecule has 1 aliphatic heterocycles. The monoisotopic (exact) mass is 200 g/mol. The highest BCUT2D eigenvalue weighted by Crippen LogP contribution is 2.03. The van der Waals surface area contributed by atoms with Gasteiger partial charge < -0.3 is 20.5 Å². The molecular weight excluding hydrogens is 184 g/mol. The fourth-order valence-electron chi connectivity index (χ4n) is 0.988. The molecule has 0 bridgehead atoms. The van der Waals surface area contributed by atoms with Crippen LogP contribution < -0.4 is 11.1 Å². The molecule has 1 atom stereocenters. The maximum absolute atomic E-state index is 11.4. The van der Waals surface area contributed by atoms with Gasteiger partial charge in [0, 0.05) is 12.6 Å². The van der Waals surface area contributed by atoms with Gasteiger partial charge in [-0.2, -0.15) is 0 Å². The number of ether oxygens (including phenoxy) is 2. The van der Waals surface area contributed by atoms with E-state index < -0.39 is 0 Å². The predicted octanol–water partition coefficient (Wildman–Crippen LogP) is -0.272. The van der Waals surface area contributed by atoms with Crippen molar-refractivity contribution in [3.63, 3.8) is 0 Å². The lowest BCUT2D eigenvalue weighted by atomic mass is 10.2. The molecule has 1 amide bonds. The summed E-state index contributed by atoms with van der Waals surface area (Å²) in [5.74, 6) is -0.00808. The first-order valence-electron chi connectivity index (χ1n) is 4.68. The largest absolute Gasteiger partial charge is 0.494 e. The van der Waals surface area contributed by atoms with E-state index in [0.717, 1.165) is 6.42 Å². The second-order valence-electron chi connectivity index (χ2n) is 3.22. The first kappa shape index (κ1) is 10.8. The summed E-state index contributed by atoms with van der Waals surface area (Å²) in [5, 5.41) is 2.69. The van der Waals surface area contributed by atoms with E-state index in [1.54, 1.807) is 0 Å². The van der Waals surface area contributed by atoms with Gasteiger partial charge in [0.2, 0.25) is 5.76 Å². The predicted molar refractivity (Wildman–Crippen MR) is 51.3 cm³/mol. The quantitative estimate of drug-likeness (QED) is 0.655. The first-order valence-corrected chi connectivity index (χ1v) is 4.68. The van der Waals surface area contributed by atoms with Crippen molar-refractivity contribution in [2.45, 2.75) is 19.4 Å². The van der Waals surface area contributed by atoms with E-state index in [1.165, 1.54) is 6.26 Å². The van der Waals surface area contributed by atoms with Crippen molar-refractivity contribution in [2.24, 2.45) is 5.73 Å². The van der Waals surface area contributed by atoms with Crippen LogP contribution in [0.5, 0.6) is 0 Å². The van der Waals surface area contributed by atoms with Crippen LogP contribution in [-0.2, 0) is 14.3 Å². The summed E-state index contributed by atoms with van der Waals surface area (Å²) in [7, 11) is 0. The van der Waals surface area contributed by atoms with Gasteiger partial charge in [-0.05, 0) is 13.3 Å². The smallest absolute Gasteiger partial charge is 0.289 e. The lowest BCUT2D eigenvalue weighted by Gasteiger charge is -2.15. The highest BCUT2D eigenvalue weighted by atomic mass is 16.6. The molecule has 0 saturated carbocycles. The number of carbonyl (C=O) groups is 1. The van der Waals surface area contributed by atoms with E-state index in [0.29, 0.717) is 19.8 Å². The second-order valence-corrected chi connectivity index (χ2v) is 3.22. The van der Waals surface area contributed by atoms with E-state index in [9.17, 15) is 4.79 Å². The van der Waals surface area contributed by atoms with Crippen LogP contribution >= 0.6 is 0 Å². The van der Waals surface area contributed by atoms with Gasteiger partial charge in [0.25, 0.3) is 5.91 Å². The van der Waals surface area contributed by atoms with Crippen LogP contribution in [0.4, 0.5) is 0 Å². The lowest BCUT2D eigenvalue weighted by molar-refractivity contribution is -0.122. The number of nitrogens with two attached hydrogens (primary N) is 1. The molecule has 1 rings (SSSR count). The summed E-state index contributed by atoms with van der Waals surface area (Å²) < 4.78 is 10.0. The van der Waals surface area contributed by atoms with Crippen LogP contribution in [0.3, 0.4) is 0 Å². The maximum atomic E-state index is 11.4. The number of carbonyl (C=O) groups excluding carboxylic acids is 1. The summed E-state index contributed by atoms with van der Waals surface area (Å²) in [6.45, 7) is 3.37. The van der Waals surface area contributed by atoms with E-state index in [4.69, 9.17) is 15.2 Å². The fraction of sp³-hybridized carbons (Fsp3) is 0.667. The van der Waals surface area contributed by atoms with Crippen LogP contribution in [0, 0.1) is 0 Å². The Kier molecular flexibility index (Phi) is 4.25. The Hall–Kier alpha value is -1.23. The Balaban J connectivity index is 2.24. The van der Waals surface area contributed by atoms with Crippen molar-refractivity contribution in [3.8, 4) is 0 Å². The van der Waals surface area contributed by atoms with Gasteiger partial charge in [0.1, 0.15) is 19.5 Å². The molecule has 1 heterocycles. The average molecular weight is 200 g/mol. The van der Waals surface area contributed by atoms with E-state index in [1.807, 2.05) is 6.92 Å². The molecule has 14 heavy (non-hydrogen) atoms. The summed E-state index contributed by atoms with van der Waals surface area (Å²) in [6.07, 6.45) is 2.09. The van der Waals surface area contributed by atoms with Crippen molar-refractivity contribution in [1.29, 1.82) is 0 Å². The molecule has 0 aliphatic carbocycles. The van der Waals surface area contributed by atoms with Gasteiger partial charge in [-0.1, -0.05) is 0 Å². The third-order valence-corrected chi connectivity index (χ3v) is 1.76. The first-order chi connectivity index (χ1) is 6.70. The molecule has 1 aliphatic rings. The zero-order chi connectivity index (χ0) is 10.4. The van der Waals surface area contributed by atoms with Gasteiger partial charge in [-0.15, -0.1) is 0 Å². The van der Waals surface area contributed by atoms with Crippen molar-refractivity contribution in [3.05, 3.63) is 12.0 Å². The SMILES string of the molecule is CC(N)CCNC(=O)C1=COCCO1. The topological polar surface area (TPSA) is 73.6 Å². The highest BCUT2D eigenvalue weighted by molar-refractivity contribution is 5.91. The van der Waals surface area contributed by atoms with Crippen LogP contribution in [0.1, 0.15) is 13.3 Å². The molecule has 5 nitrogen and oxygen atoms in total. The molecule has 3 N–H and O–H groups in total. The Morgan fingerprint density at radius 2 is 2.50 bits per heavy atom. The van der Waals surface area contributed by atoms with Crippen molar-refractivity contribution in [2.75, 3.05) is 19.8 Å². The fourth-order valence-corrected chi connectivity index (χ4v) is 0.988. The molecule has 0 fully saturated rings. The molecule has 0 aromatic heterocycles. The third-order valence-electron chi connectivity index (χ3n) is 1.76. The zero-order valence-corrected chi connectivity index (χ0v) is 8.29. The third kappa shape index (κ3) is 3.66. The van der Waals surface area contributed by atoms with Crippen molar-refractivity contribution < 1.29 is 14.3 Å². The molecule has 0 spiro atoms. The van der Waals surface area contributed by atoms with Gasteiger partial charge >= 0.3 is 0 Å². The molecule has 80 valence electrons. The standard InChI is InChI=1S/C9H16N2O3/c1-7(10)2-3-11-9(12)8-6-13-4-5-14-8/h6-7H,2-5,10H2,1H3,(H,11,12). The minimum absolute atomic E-state index is 0.0906.